The summed E-state index contributed by atoms with van der Waals surface area (Å²) in [5.41, 5.74) is 3.18. The van der Waals surface area contributed by atoms with Crippen molar-refractivity contribution in [1.82, 2.24) is 0 Å². The van der Waals surface area contributed by atoms with Gasteiger partial charge in [0.2, 0.25) is 15.9 Å². The van der Waals surface area contributed by atoms with E-state index in [1.807, 2.05) is 38.1 Å². The molecule has 0 unspecified atom stereocenters. The Kier molecular flexibility index (Phi) is 6.98. The fourth-order valence-corrected chi connectivity index (χ4v) is 3.24. The van der Waals surface area contributed by atoms with Gasteiger partial charge in [-0.25, -0.2) is 13.6 Å². The zero-order valence-electron chi connectivity index (χ0n) is 15.9. The maximum Gasteiger partial charge on any atom is 0.238 e. The summed E-state index contributed by atoms with van der Waals surface area (Å²) in [6.07, 6.45) is 1.75. The normalized spacial score (nSPS) is 11.3. The minimum absolute atomic E-state index is 0.00699. The molecule has 0 bridgehead atoms. The molecule has 0 saturated heterocycles. The van der Waals surface area contributed by atoms with E-state index in [4.69, 9.17) is 9.88 Å². The Morgan fingerprint density at radius 2 is 1.85 bits per heavy atom. The van der Waals surface area contributed by atoms with Crippen LogP contribution in [0, 0.1) is 20.8 Å². The predicted molar refractivity (Wildman–Crippen MR) is 106 cm³/mol. The fourth-order valence-electron chi connectivity index (χ4n) is 2.62. The smallest absolute Gasteiger partial charge is 0.238 e. The average molecular weight is 391 g/mol. The first-order valence-corrected chi connectivity index (χ1v) is 10.3. The molecule has 0 saturated carbocycles. The van der Waals surface area contributed by atoms with Crippen molar-refractivity contribution in [3.05, 3.63) is 53.1 Å². The number of nitrogens with two attached hydrogens (primary N) is 1. The number of unbranched alkanes of at least 4 members (excludes halogenated alkanes) is 1. The van der Waals surface area contributed by atoms with E-state index < -0.39 is 10.0 Å². The van der Waals surface area contributed by atoms with E-state index in [-0.39, 0.29) is 10.8 Å². The second-order valence-corrected chi connectivity index (χ2v) is 8.19. The molecular weight excluding hydrogens is 364 g/mol. The van der Waals surface area contributed by atoms with Gasteiger partial charge in [-0.1, -0.05) is 12.1 Å². The van der Waals surface area contributed by atoms with Gasteiger partial charge in [0, 0.05) is 12.1 Å². The molecule has 0 heterocycles. The number of rotatable bonds is 8. The fraction of sp³-hybridized carbons (Fsp3) is 0.350. The minimum Gasteiger partial charge on any atom is -0.494 e. The first-order chi connectivity index (χ1) is 12.7. The number of anilines is 1. The highest BCUT2D eigenvalue weighted by Gasteiger charge is 2.14. The summed E-state index contributed by atoms with van der Waals surface area (Å²) in [6, 6.07) is 10.7. The molecule has 0 aliphatic rings. The summed E-state index contributed by atoms with van der Waals surface area (Å²) in [5, 5.41) is 7.97. The van der Waals surface area contributed by atoms with Crippen molar-refractivity contribution >= 4 is 21.6 Å². The summed E-state index contributed by atoms with van der Waals surface area (Å²) in [5.74, 6) is 0.657. The van der Waals surface area contributed by atoms with Crippen LogP contribution in [0.4, 0.5) is 5.69 Å². The summed E-state index contributed by atoms with van der Waals surface area (Å²) in [6.45, 7) is 6.15. The molecule has 2 aromatic carbocycles. The molecule has 3 N–H and O–H groups in total. The maximum atomic E-state index is 12.2. The number of primary sulfonamides is 1. The summed E-state index contributed by atoms with van der Waals surface area (Å²) < 4.78 is 28.8. The zero-order chi connectivity index (χ0) is 20.0. The van der Waals surface area contributed by atoms with Crippen LogP contribution in [0.15, 0.2) is 41.3 Å². The van der Waals surface area contributed by atoms with Gasteiger partial charge < -0.3 is 10.1 Å². The Labute approximate surface area is 160 Å². The lowest BCUT2D eigenvalue weighted by Gasteiger charge is -2.13. The molecule has 0 spiro atoms. The molecule has 0 aliphatic carbocycles. The minimum atomic E-state index is -3.82. The van der Waals surface area contributed by atoms with E-state index in [0.717, 1.165) is 28.9 Å². The van der Waals surface area contributed by atoms with Crippen LogP contribution in [0.2, 0.25) is 0 Å². The molecule has 0 radical (unpaired) electrons. The molecule has 0 aliphatic heterocycles. The van der Waals surface area contributed by atoms with Crippen LogP contribution in [-0.2, 0) is 14.8 Å². The molecule has 27 heavy (non-hydrogen) atoms. The van der Waals surface area contributed by atoms with Gasteiger partial charge >= 0.3 is 0 Å². The van der Waals surface area contributed by atoms with E-state index >= 15 is 0 Å². The molecule has 7 heteroatoms. The van der Waals surface area contributed by atoms with Gasteiger partial charge in [0.1, 0.15) is 5.75 Å². The number of aryl methyl sites for hydroxylation is 2. The average Bonchev–Trinajstić information content (AvgIpc) is 2.57. The molecule has 2 rings (SSSR count). The van der Waals surface area contributed by atoms with Crippen molar-refractivity contribution in [2.24, 2.45) is 5.14 Å². The maximum absolute atomic E-state index is 12.2. The number of amides is 1. The van der Waals surface area contributed by atoms with Crippen LogP contribution in [0.1, 0.15) is 36.0 Å². The van der Waals surface area contributed by atoms with Crippen molar-refractivity contribution in [2.75, 3.05) is 11.9 Å². The monoisotopic (exact) mass is 390 g/mol. The van der Waals surface area contributed by atoms with Gasteiger partial charge in [0.05, 0.1) is 11.5 Å². The van der Waals surface area contributed by atoms with Crippen LogP contribution in [0.5, 0.6) is 5.75 Å². The van der Waals surface area contributed by atoms with E-state index in [0.29, 0.717) is 25.1 Å². The largest absolute Gasteiger partial charge is 0.494 e. The summed E-state index contributed by atoms with van der Waals surface area (Å²) in [4.78, 5) is 12.2. The summed E-state index contributed by atoms with van der Waals surface area (Å²) >= 11 is 0. The molecule has 2 aromatic rings. The highest BCUT2D eigenvalue weighted by atomic mass is 32.2. The number of carbonyl (C=O) groups is 1. The van der Waals surface area contributed by atoms with Gasteiger partial charge in [-0.3, -0.25) is 4.79 Å². The van der Waals surface area contributed by atoms with E-state index in [1.54, 1.807) is 6.92 Å². The SMILES string of the molecule is Cc1cccc(OCCCCC(=O)Nc2cc(S(N)(=O)=O)cc(C)c2C)c1. The van der Waals surface area contributed by atoms with E-state index in [9.17, 15) is 13.2 Å². The van der Waals surface area contributed by atoms with Gasteiger partial charge in [-0.05, 0) is 74.6 Å². The summed E-state index contributed by atoms with van der Waals surface area (Å²) in [7, 11) is -3.82. The van der Waals surface area contributed by atoms with Crippen LogP contribution >= 0.6 is 0 Å². The van der Waals surface area contributed by atoms with Gasteiger partial charge in [-0.15, -0.1) is 0 Å². The van der Waals surface area contributed by atoms with Crippen LogP contribution in [0.25, 0.3) is 0 Å². The third-order valence-electron chi connectivity index (χ3n) is 4.30. The Balaban J connectivity index is 1.84. The number of benzene rings is 2. The number of nitrogens with one attached hydrogen (secondary N) is 1. The van der Waals surface area contributed by atoms with E-state index in [1.165, 1.54) is 12.1 Å². The number of hydrogen-bond acceptors (Lipinski definition) is 4. The second kappa shape index (κ2) is 9.01. The molecule has 1 amide bonds. The molecule has 0 aromatic heterocycles. The van der Waals surface area contributed by atoms with Crippen molar-refractivity contribution in [2.45, 2.75) is 44.9 Å². The standard InChI is InChI=1S/C20H26N2O4S/c1-14-7-6-8-17(11-14)26-10-5-4-9-20(23)22-19-13-18(27(21,24)25)12-15(2)16(19)3/h6-8,11-13H,4-5,9-10H2,1-3H3,(H,22,23)(H2,21,24,25). The number of carbonyl (C=O) groups excluding carboxylic acids is 1. The first kappa shape index (κ1) is 20.9. The third-order valence-corrected chi connectivity index (χ3v) is 5.19. The van der Waals surface area contributed by atoms with E-state index in [2.05, 4.69) is 5.32 Å². The third kappa shape index (κ3) is 6.37. The van der Waals surface area contributed by atoms with Crippen molar-refractivity contribution in [3.63, 3.8) is 0 Å². The lowest BCUT2D eigenvalue weighted by Crippen LogP contribution is -2.16. The second-order valence-electron chi connectivity index (χ2n) is 6.63. The molecule has 146 valence electrons. The van der Waals surface area contributed by atoms with Gasteiger partial charge in [-0.2, -0.15) is 0 Å². The van der Waals surface area contributed by atoms with Gasteiger partial charge in [0.15, 0.2) is 0 Å². The van der Waals surface area contributed by atoms with Crippen LogP contribution in [-0.4, -0.2) is 20.9 Å². The molecular formula is C20H26N2O4S. The highest BCUT2D eigenvalue weighted by Crippen LogP contribution is 2.24. The lowest BCUT2D eigenvalue weighted by atomic mass is 10.1. The number of ether oxygens (including phenoxy) is 1. The highest BCUT2D eigenvalue weighted by molar-refractivity contribution is 7.89. The molecule has 0 atom stereocenters. The Bertz CT molecular complexity index is 924. The predicted octanol–water partition coefficient (Wildman–Crippen LogP) is 3.45. The number of sulfonamides is 1. The van der Waals surface area contributed by atoms with Crippen LogP contribution in [0.3, 0.4) is 0 Å². The first-order valence-electron chi connectivity index (χ1n) is 8.80. The number of hydrogen-bond donors (Lipinski definition) is 2. The van der Waals surface area contributed by atoms with Crippen molar-refractivity contribution in [1.29, 1.82) is 0 Å². The Morgan fingerprint density at radius 1 is 1.11 bits per heavy atom. The Hall–Kier alpha value is -2.38. The topological polar surface area (TPSA) is 98.5 Å². The molecule has 0 fully saturated rings. The van der Waals surface area contributed by atoms with Crippen molar-refractivity contribution < 1.29 is 17.9 Å². The Morgan fingerprint density at radius 3 is 2.52 bits per heavy atom. The quantitative estimate of drug-likeness (QED) is 0.675. The van der Waals surface area contributed by atoms with Gasteiger partial charge in [0.25, 0.3) is 0 Å². The zero-order valence-corrected chi connectivity index (χ0v) is 16.7. The van der Waals surface area contributed by atoms with Crippen LogP contribution < -0.4 is 15.2 Å². The molecule has 6 nitrogen and oxygen atoms in total. The lowest BCUT2D eigenvalue weighted by molar-refractivity contribution is -0.116. The van der Waals surface area contributed by atoms with Crippen molar-refractivity contribution in [3.8, 4) is 5.75 Å².